The molecule has 10 heteroatoms. The normalized spacial score (nSPS) is 32.3. The molecule has 4 atom stereocenters. The van der Waals surface area contributed by atoms with E-state index in [1.54, 1.807) is 0 Å². The third-order valence-electron chi connectivity index (χ3n) is 3.19. The third-order valence-corrected chi connectivity index (χ3v) is 3.19. The van der Waals surface area contributed by atoms with E-state index < -0.39 is 48.1 Å². The Morgan fingerprint density at radius 2 is 2.10 bits per heavy atom. The molecule has 2 heterocycles. The number of carbonyl (C=O) groups is 1. The lowest BCUT2D eigenvalue weighted by Crippen LogP contribution is -2.45. The van der Waals surface area contributed by atoms with Gasteiger partial charge in [0.2, 0.25) is 5.91 Å². The van der Waals surface area contributed by atoms with E-state index in [0.717, 1.165) is 19.2 Å². The Balaban J connectivity index is 2.55. The van der Waals surface area contributed by atoms with Crippen LogP contribution in [0.2, 0.25) is 0 Å². The Morgan fingerprint density at radius 1 is 1.48 bits per heavy atom. The van der Waals surface area contributed by atoms with Gasteiger partial charge in [-0.1, -0.05) is 0 Å². The number of carbonyl (C=O) groups excluding carboxylic acids is 1. The number of nitrogens with zero attached hydrogens (tertiary/aromatic N) is 2. The van der Waals surface area contributed by atoms with Crippen LogP contribution < -0.4 is 11.2 Å². The second-order valence-corrected chi connectivity index (χ2v) is 4.59. The topological polar surface area (TPSA) is 131 Å². The van der Waals surface area contributed by atoms with Crippen LogP contribution in [-0.4, -0.2) is 55.0 Å². The Morgan fingerprint density at radius 3 is 2.57 bits per heavy atom. The number of hydrogen-bond donors (Lipinski definition) is 3. The Labute approximate surface area is 116 Å². The quantitative estimate of drug-likeness (QED) is 0.554. The van der Waals surface area contributed by atoms with Crippen molar-refractivity contribution in [3.8, 4) is 0 Å². The Kier molecular flexibility index (Phi) is 3.80. The molecule has 3 N–H and O–H groups in total. The number of hydrogen-bond acceptors (Lipinski definition) is 7. The second-order valence-electron chi connectivity index (χ2n) is 4.59. The van der Waals surface area contributed by atoms with Crippen molar-refractivity contribution in [1.82, 2.24) is 9.13 Å². The average molecular weight is 304 g/mol. The van der Waals surface area contributed by atoms with E-state index in [2.05, 4.69) is 4.74 Å². The molecule has 116 valence electrons. The van der Waals surface area contributed by atoms with Gasteiger partial charge in [-0.2, -0.15) is 4.57 Å². The van der Waals surface area contributed by atoms with Crippen LogP contribution in [0.25, 0.3) is 0 Å². The molecule has 2 rings (SSSR count). The number of alkyl halides is 1. The van der Waals surface area contributed by atoms with E-state index in [1.165, 1.54) is 0 Å². The smallest absolute Gasteiger partial charge is 0.340 e. The van der Waals surface area contributed by atoms with Crippen LogP contribution in [0.1, 0.15) is 17.9 Å². The van der Waals surface area contributed by atoms with Gasteiger partial charge in [-0.05, 0) is 0 Å². The van der Waals surface area contributed by atoms with Crippen LogP contribution in [0.5, 0.6) is 0 Å². The highest BCUT2D eigenvalue weighted by Gasteiger charge is 2.56. The van der Waals surface area contributed by atoms with Crippen molar-refractivity contribution < 1.29 is 29.2 Å². The van der Waals surface area contributed by atoms with E-state index in [-0.39, 0.29) is 4.57 Å². The minimum atomic E-state index is -2.96. The molecule has 21 heavy (non-hydrogen) atoms. The molecule has 1 saturated heterocycles. The minimum Gasteiger partial charge on any atom is -0.390 e. The van der Waals surface area contributed by atoms with Gasteiger partial charge in [0.1, 0.15) is 18.8 Å². The predicted octanol–water partition coefficient (Wildman–Crippen LogP) is -2.42. The zero-order valence-electron chi connectivity index (χ0n) is 10.8. The number of rotatable bonds is 2. The number of ether oxygens (including phenoxy) is 1. The van der Waals surface area contributed by atoms with Crippen LogP contribution in [0, 0.1) is 0 Å². The highest BCUT2D eigenvalue weighted by atomic mass is 19.2. The fourth-order valence-corrected chi connectivity index (χ4v) is 2.08. The highest BCUT2D eigenvalue weighted by molar-refractivity contribution is 5.75. The van der Waals surface area contributed by atoms with Gasteiger partial charge in [-0.3, -0.25) is 14.2 Å². The maximum Gasteiger partial charge on any atom is 0.340 e. The molecule has 0 spiro atoms. The predicted molar refractivity (Wildman–Crippen MR) is 64.3 cm³/mol. The molecule has 0 aliphatic carbocycles. The van der Waals surface area contributed by atoms with Gasteiger partial charge in [0.25, 0.3) is 11.4 Å². The first-order valence-corrected chi connectivity index (χ1v) is 5.92. The van der Waals surface area contributed by atoms with Crippen LogP contribution in [0.15, 0.2) is 21.9 Å². The molecular formula is C11H13FN2O7. The molecule has 1 aliphatic heterocycles. The first-order valence-electron chi connectivity index (χ1n) is 5.92. The van der Waals surface area contributed by atoms with Crippen LogP contribution >= 0.6 is 0 Å². The van der Waals surface area contributed by atoms with Gasteiger partial charge in [0, 0.05) is 19.2 Å². The summed E-state index contributed by atoms with van der Waals surface area (Å²) in [5, 5.41) is 28.1. The Bertz CT molecular complexity index is 684. The zero-order valence-corrected chi connectivity index (χ0v) is 10.8. The molecule has 0 bridgehead atoms. The van der Waals surface area contributed by atoms with Gasteiger partial charge in [-0.15, -0.1) is 0 Å². The molecule has 0 amide bonds. The van der Waals surface area contributed by atoms with E-state index in [0.29, 0.717) is 4.57 Å². The fraction of sp³-hybridized carbons (Fsp3) is 0.545. The summed E-state index contributed by atoms with van der Waals surface area (Å²) >= 11 is 0. The number of aromatic nitrogens is 2. The van der Waals surface area contributed by atoms with Gasteiger partial charge in [0.05, 0.1) is 0 Å². The van der Waals surface area contributed by atoms with E-state index in [9.17, 15) is 29.0 Å². The Hall–Kier alpha value is -1.88. The van der Waals surface area contributed by atoms with E-state index in [4.69, 9.17) is 5.11 Å². The lowest BCUT2D eigenvalue weighted by Gasteiger charge is -2.20. The number of halogens is 1. The number of aliphatic hydroxyl groups is 3. The summed E-state index contributed by atoms with van der Waals surface area (Å²) in [7, 11) is 0. The summed E-state index contributed by atoms with van der Waals surface area (Å²) in [4.78, 5) is 34.7. The second kappa shape index (κ2) is 5.15. The molecule has 9 nitrogen and oxygen atoms in total. The summed E-state index contributed by atoms with van der Waals surface area (Å²) in [6.45, 7) is -0.274. The van der Waals surface area contributed by atoms with Crippen LogP contribution in [0.3, 0.4) is 0 Å². The maximum atomic E-state index is 14.0. The van der Waals surface area contributed by atoms with Crippen molar-refractivity contribution in [2.45, 2.75) is 31.2 Å². The van der Waals surface area contributed by atoms with Gasteiger partial charge in [0.15, 0.2) is 6.23 Å². The molecule has 0 aromatic carbocycles. The van der Waals surface area contributed by atoms with Crippen molar-refractivity contribution in [1.29, 1.82) is 0 Å². The van der Waals surface area contributed by atoms with Gasteiger partial charge >= 0.3 is 5.69 Å². The molecule has 0 radical (unpaired) electrons. The summed E-state index contributed by atoms with van der Waals surface area (Å²) < 4.78 is 19.5. The average Bonchev–Trinajstić information content (AvgIpc) is 2.64. The maximum absolute atomic E-state index is 14.0. The monoisotopic (exact) mass is 304 g/mol. The molecule has 1 aromatic heterocycles. The van der Waals surface area contributed by atoms with E-state index in [1.807, 2.05) is 0 Å². The highest BCUT2D eigenvalue weighted by Crippen LogP contribution is 2.37. The summed E-state index contributed by atoms with van der Waals surface area (Å²) in [6.07, 6.45) is -4.78. The van der Waals surface area contributed by atoms with Crippen molar-refractivity contribution >= 4 is 5.91 Å². The number of aliphatic hydroxyl groups excluding tert-OH is 3. The SMILES string of the molecule is CC(=O)n1c(=O)ccn([C@@H]2O[C@](F)(CO)[C@@H](O)[C@H]2O)c1=O. The van der Waals surface area contributed by atoms with Crippen LogP contribution in [0.4, 0.5) is 4.39 Å². The fourth-order valence-electron chi connectivity index (χ4n) is 2.08. The van der Waals surface area contributed by atoms with E-state index >= 15 is 0 Å². The van der Waals surface area contributed by atoms with Crippen molar-refractivity contribution in [2.24, 2.45) is 0 Å². The van der Waals surface area contributed by atoms with Crippen molar-refractivity contribution in [3.63, 3.8) is 0 Å². The third kappa shape index (κ3) is 2.31. The lowest BCUT2D eigenvalue weighted by atomic mass is 10.1. The first kappa shape index (κ1) is 15.5. The minimum absolute atomic E-state index is 0.264. The first-order chi connectivity index (χ1) is 9.73. The standard InChI is InChI=1S/C11H13FN2O7/c1-5(16)14-6(17)2-3-13(10(14)20)9-7(18)8(19)11(12,4-15)21-9/h2-3,7-9,15,18-19H,4H2,1H3/t7-,8+,9-,11-/m1/s1. The largest absolute Gasteiger partial charge is 0.390 e. The summed E-state index contributed by atoms with van der Waals surface area (Å²) in [5.41, 5.74) is -2.06. The van der Waals surface area contributed by atoms with Crippen molar-refractivity contribution in [3.05, 3.63) is 33.1 Å². The van der Waals surface area contributed by atoms with Crippen LogP contribution in [-0.2, 0) is 4.74 Å². The molecule has 0 unspecified atom stereocenters. The zero-order chi connectivity index (χ0) is 15.9. The van der Waals surface area contributed by atoms with Gasteiger partial charge < -0.3 is 20.1 Å². The molecule has 1 aromatic rings. The molecular weight excluding hydrogens is 291 g/mol. The van der Waals surface area contributed by atoms with Crippen molar-refractivity contribution in [2.75, 3.05) is 6.61 Å². The summed E-state index contributed by atoms with van der Waals surface area (Å²) in [5.74, 6) is -3.83. The molecule has 0 saturated carbocycles. The van der Waals surface area contributed by atoms with Gasteiger partial charge in [-0.25, -0.2) is 9.18 Å². The lowest BCUT2D eigenvalue weighted by molar-refractivity contribution is -0.207. The molecule has 1 fully saturated rings. The summed E-state index contributed by atoms with van der Waals surface area (Å²) in [6, 6.07) is 0.850. The molecule has 1 aliphatic rings.